The number of aromatic nitrogens is 2. The van der Waals surface area contributed by atoms with Crippen LogP contribution in [0.15, 0.2) is 12.4 Å². The van der Waals surface area contributed by atoms with E-state index in [4.69, 9.17) is 9.47 Å². The first-order valence-corrected chi connectivity index (χ1v) is 6.56. The topological polar surface area (TPSA) is 59.8 Å². The van der Waals surface area contributed by atoms with Crippen LogP contribution in [0.1, 0.15) is 12.5 Å². The third kappa shape index (κ3) is 3.54. The Hall–Kier alpha value is -0.950. The molecule has 0 aromatic carbocycles. The van der Waals surface area contributed by atoms with Crippen molar-refractivity contribution < 1.29 is 14.6 Å². The monoisotopic (exact) mass is 269 g/mol. The molecule has 1 aliphatic rings. The van der Waals surface area contributed by atoms with E-state index in [0.29, 0.717) is 19.8 Å². The van der Waals surface area contributed by atoms with Crippen LogP contribution in [-0.4, -0.2) is 65.8 Å². The van der Waals surface area contributed by atoms with E-state index in [0.717, 1.165) is 18.7 Å². The van der Waals surface area contributed by atoms with Gasteiger partial charge in [0.25, 0.3) is 0 Å². The summed E-state index contributed by atoms with van der Waals surface area (Å²) < 4.78 is 12.7. The van der Waals surface area contributed by atoms with Crippen molar-refractivity contribution in [2.75, 3.05) is 40.0 Å². The van der Waals surface area contributed by atoms with Crippen LogP contribution in [-0.2, 0) is 22.1 Å². The van der Waals surface area contributed by atoms with Crippen LogP contribution in [0.2, 0.25) is 0 Å². The summed E-state index contributed by atoms with van der Waals surface area (Å²) in [5.74, 6) is 0. The second-order valence-electron chi connectivity index (χ2n) is 5.33. The molecular formula is C13H23N3O3. The molecule has 0 radical (unpaired) electrons. The van der Waals surface area contributed by atoms with E-state index in [1.54, 1.807) is 11.8 Å². The van der Waals surface area contributed by atoms with Crippen molar-refractivity contribution in [1.82, 2.24) is 14.7 Å². The third-order valence-electron chi connectivity index (χ3n) is 3.50. The molecule has 6 nitrogen and oxygen atoms in total. The van der Waals surface area contributed by atoms with Gasteiger partial charge in [0.05, 0.1) is 25.5 Å². The summed E-state index contributed by atoms with van der Waals surface area (Å²) in [6, 6.07) is 0. The Morgan fingerprint density at radius 2 is 2.42 bits per heavy atom. The molecule has 6 heteroatoms. The number of aliphatic hydroxyl groups excluding tert-OH is 1. The molecule has 0 bridgehead atoms. The zero-order valence-corrected chi connectivity index (χ0v) is 11.9. The van der Waals surface area contributed by atoms with Crippen molar-refractivity contribution in [2.45, 2.75) is 18.6 Å². The number of hydrogen-bond donors (Lipinski definition) is 1. The minimum atomic E-state index is -0.457. The SMILES string of the molecule is COC[C@H](O)CN1CCOC(C)(c2cnn(C)c2)C1. The minimum absolute atomic E-state index is 0.362. The smallest absolute Gasteiger partial charge is 0.106 e. The number of ether oxygens (including phenoxy) is 2. The number of aryl methyl sites for hydroxylation is 1. The molecule has 1 N–H and O–H groups in total. The Labute approximate surface area is 113 Å². The van der Waals surface area contributed by atoms with Gasteiger partial charge < -0.3 is 14.6 Å². The van der Waals surface area contributed by atoms with Gasteiger partial charge in [-0.1, -0.05) is 0 Å². The van der Waals surface area contributed by atoms with Crippen LogP contribution in [0.3, 0.4) is 0 Å². The molecule has 0 spiro atoms. The Morgan fingerprint density at radius 1 is 1.63 bits per heavy atom. The number of aliphatic hydroxyl groups is 1. The van der Waals surface area contributed by atoms with Crippen molar-refractivity contribution in [3.8, 4) is 0 Å². The molecule has 1 aliphatic heterocycles. The molecule has 0 saturated carbocycles. The molecule has 2 rings (SSSR count). The summed E-state index contributed by atoms with van der Waals surface area (Å²) in [6.07, 6.45) is 3.37. The summed E-state index contributed by atoms with van der Waals surface area (Å²) in [5, 5.41) is 14.0. The second-order valence-corrected chi connectivity index (χ2v) is 5.33. The molecule has 2 heterocycles. The Morgan fingerprint density at radius 3 is 3.05 bits per heavy atom. The van der Waals surface area contributed by atoms with E-state index in [1.807, 2.05) is 19.4 Å². The summed E-state index contributed by atoms with van der Waals surface area (Å²) in [7, 11) is 3.50. The highest BCUT2D eigenvalue weighted by Gasteiger charge is 2.35. The molecule has 108 valence electrons. The summed E-state index contributed by atoms with van der Waals surface area (Å²) in [5.41, 5.74) is 0.709. The number of rotatable bonds is 5. The van der Waals surface area contributed by atoms with E-state index in [-0.39, 0.29) is 5.60 Å². The number of nitrogens with zero attached hydrogens (tertiary/aromatic N) is 3. The standard InChI is InChI=1S/C13H23N3O3/c1-13(11-6-14-15(2)7-11)10-16(4-5-19-13)8-12(17)9-18-3/h6-7,12,17H,4-5,8-10H2,1-3H3/t12-,13?/m1/s1. The maximum atomic E-state index is 9.82. The van der Waals surface area contributed by atoms with Crippen LogP contribution in [0.5, 0.6) is 0 Å². The average molecular weight is 269 g/mol. The first kappa shape index (κ1) is 14.5. The molecule has 1 unspecified atom stereocenters. The van der Waals surface area contributed by atoms with Gasteiger partial charge >= 0.3 is 0 Å². The van der Waals surface area contributed by atoms with E-state index in [9.17, 15) is 5.11 Å². The van der Waals surface area contributed by atoms with E-state index < -0.39 is 6.10 Å². The van der Waals surface area contributed by atoms with Gasteiger partial charge in [0.1, 0.15) is 5.60 Å². The Kier molecular flexibility index (Phi) is 4.57. The van der Waals surface area contributed by atoms with Crippen LogP contribution >= 0.6 is 0 Å². The van der Waals surface area contributed by atoms with Gasteiger partial charge in [0, 0.05) is 45.6 Å². The van der Waals surface area contributed by atoms with Gasteiger partial charge in [-0.25, -0.2) is 0 Å². The van der Waals surface area contributed by atoms with Crippen molar-refractivity contribution >= 4 is 0 Å². The van der Waals surface area contributed by atoms with Crippen LogP contribution in [0, 0.1) is 0 Å². The van der Waals surface area contributed by atoms with E-state index in [2.05, 4.69) is 16.9 Å². The van der Waals surface area contributed by atoms with E-state index in [1.165, 1.54) is 0 Å². The number of β-amino-alcohol motifs (C(OH)–C–C–N with tert-alkyl or cyclic N) is 1. The molecule has 0 amide bonds. The molecule has 1 aromatic rings. The van der Waals surface area contributed by atoms with Crippen LogP contribution in [0.4, 0.5) is 0 Å². The first-order valence-electron chi connectivity index (χ1n) is 6.56. The molecular weight excluding hydrogens is 246 g/mol. The zero-order chi connectivity index (χ0) is 13.9. The highest BCUT2D eigenvalue weighted by molar-refractivity contribution is 5.16. The van der Waals surface area contributed by atoms with Crippen molar-refractivity contribution in [3.05, 3.63) is 18.0 Å². The number of morpholine rings is 1. The van der Waals surface area contributed by atoms with Crippen molar-refractivity contribution in [2.24, 2.45) is 7.05 Å². The lowest BCUT2D eigenvalue weighted by molar-refractivity contribution is -0.112. The Balaban J connectivity index is 2.00. The normalized spacial score (nSPS) is 26.5. The molecule has 0 aliphatic carbocycles. The molecule has 1 fully saturated rings. The highest BCUT2D eigenvalue weighted by atomic mass is 16.5. The van der Waals surface area contributed by atoms with E-state index >= 15 is 0 Å². The maximum absolute atomic E-state index is 9.82. The van der Waals surface area contributed by atoms with Gasteiger partial charge in [-0.2, -0.15) is 5.10 Å². The fraction of sp³-hybridized carbons (Fsp3) is 0.769. The zero-order valence-electron chi connectivity index (χ0n) is 11.9. The summed E-state index contributed by atoms with van der Waals surface area (Å²) in [6.45, 7) is 5.27. The van der Waals surface area contributed by atoms with Crippen molar-refractivity contribution in [1.29, 1.82) is 0 Å². The lowest BCUT2D eigenvalue weighted by atomic mass is 9.97. The van der Waals surface area contributed by atoms with Gasteiger partial charge in [0.15, 0.2) is 0 Å². The van der Waals surface area contributed by atoms with Crippen LogP contribution in [0.25, 0.3) is 0 Å². The molecule has 1 aromatic heterocycles. The molecule has 19 heavy (non-hydrogen) atoms. The lowest BCUT2D eigenvalue weighted by Crippen LogP contribution is -2.50. The van der Waals surface area contributed by atoms with Gasteiger partial charge in [-0.05, 0) is 6.92 Å². The van der Waals surface area contributed by atoms with Gasteiger partial charge in [-0.3, -0.25) is 9.58 Å². The van der Waals surface area contributed by atoms with Crippen molar-refractivity contribution in [3.63, 3.8) is 0 Å². The lowest BCUT2D eigenvalue weighted by Gasteiger charge is -2.40. The quantitative estimate of drug-likeness (QED) is 0.814. The fourth-order valence-corrected chi connectivity index (χ4v) is 2.52. The fourth-order valence-electron chi connectivity index (χ4n) is 2.52. The summed E-state index contributed by atoms with van der Waals surface area (Å²) >= 11 is 0. The van der Waals surface area contributed by atoms with Crippen LogP contribution < -0.4 is 0 Å². The first-order chi connectivity index (χ1) is 9.03. The van der Waals surface area contributed by atoms with Gasteiger partial charge in [0.2, 0.25) is 0 Å². The second kappa shape index (κ2) is 6.00. The number of hydrogen-bond acceptors (Lipinski definition) is 5. The Bertz CT molecular complexity index is 410. The molecule has 2 atom stereocenters. The minimum Gasteiger partial charge on any atom is -0.389 e. The predicted molar refractivity (Wildman–Crippen MR) is 70.8 cm³/mol. The van der Waals surface area contributed by atoms with Gasteiger partial charge in [-0.15, -0.1) is 0 Å². The molecule has 1 saturated heterocycles. The maximum Gasteiger partial charge on any atom is 0.106 e. The highest BCUT2D eigenvalue weighted by Crippen LogP contribution is 2.28. The number of methoxy groups -OCH3 is 1. The average Bonchev–Trinajstić information content (AvgIpc) is 2.77. The largest absolute Gasteiger partial charge is 0.389 e. The summed E-state index contributed by atoms with van der Waals surface area (Å²) in [4.78, 5) is 2.21. The third-order valence-corrected chi connectivity index (χ3v) is 3.50. The predicted octanol–water partition coefficient (Wildman–Crippen LogP) is -0.0252.